The first-order chi connectivity index (χ1) is 9.29. The third kappa shape index (κ3) is 4.08. The van der Waals surface area contributed by atoms with Gasteiger partial charge in [0.25, 0.3) is 5.91 Å². The molecular formula is C14H18N2O3S. The minimum Gasteiger partial charge on any atom is -0.348 e. The van der Waals surface area contributed by atoms with Crippen molar-refractivity contribution in [1.82, 2.24) is 5.32 Å². The molecular weight excluding hydrogens is 276 g/mol. The monoisotopic (exact) mass is 294 g/mol. The highest BCUT2D eigenvalue weighted by molar-refractivity contribution is 7.89. The Hall–Kier alpha value is -1.84. The van der Waals surface area contributed by atoms with Crippen molar-refractivity contribution in [2.75, 3.05) is 0 Å². The van der Waals surface area contributed by atoms with Crippen molar-refractivity contribution in [2.24, 2.45) is 5.14 Å². The van der Waals surface area contributed by atoms with Crippen LogP contribution in [-0.4, -0.2) is 20.4 Å². The number of hydrogen-bond donors (Lipinski definition) is 2. The summed E-state index contributed by atoms with van der Waals surface area (Å²) >= 11 is 0. The summed E-state index contributed by atoms with van der Waals surface area (Å²) in [5.74, 6) is 2.24. The van der Waals surface area contributed by atoms with Crippen molar-refractivity contribution in [3.63, 3.8) is 0 Å². The van der Waals surface area contributed by atoms with E-state index in [0.29, 0.717) is 17.5 Å². The van der Waals surface area contributed by atoms with Crippen LogP contribution in [0.25, 0.3) is 0 Å². The van der Waals surface area contributed by atoms with Gasteiger partial charge in [-0.05, 0) is 37.1 Å². The van der Waals surface area contributed by atoms with E-state index in [1.54, 1.807) is 6.92 Å². The molecule has 6 heteroatoms. The fourth-order valence-electron chi connectivity index (χ4n) is 1.77. The summed E-state index contributed by atoms with van der Waals surface area (Å²) in [6.07, 6.45) is 6.42. The SMILES string of the molecule is C#CCC(CC)NC(=O)c1ccc(S(N)(=O)=O)cc1C. The lowest BCUT2D eigenvalue weighted by molar-refractivity contribution is 0.0936. The van der Waals surface area contributed by atoms with Gasteiger partial charge >= 0.3 is 0 Å². The average Bonchev–Trinajstić information content (AvgIpc) is 2.36. The van der Waals surface area contributed by atoms with Gasteiger partial charge in [-0.3, -0.25) is 4.79 Å². The molecule has 1 unspecified atom stereocenters. The number of nitrogens with one attached hydrogen (secondary N) is 1. The van der Waals surface area contributed by atoms with E-state index in [1.807, 2.05) is 6.92 Å². The molecule has 3 N–H and O–H groups in total. The number of carbonyl (C=O) groups excluding carboxylic acids is 1. The molecule has 0 fully saturated rings. The minimum atomic E-state index is -3.76. The molecule has 0 aliphatic rings. The van der Waals surface area contributed by atoms with E-state index in [1.165, 1.54) is 18.2 Å². The van der Waals surface area contributed by atoms with Gasteiger partial charge in [-0.25, -0.2) is 13.6 Å². The van der Waals surface area contributed by atoms with E-state index in [-0.39, 0.29) is 16.8 Å². The quantitative estimate of drug-likeness (QED) is 0.799. The molecule has 1 aromatic carbocycles. The predicted octanol–water partition coefficient (Wildman–Crippen LogP) is 1.17. The Morgan fingerprint density at radius 2 is 2.15 bits per heavy atom. The minimum absolute atomic E-state index is 0.0118. The summed E-state index contributed by atoms with van der Waals surface area (Å²) in [6.45, 7) is 3.59. The third-order valence-corrected chi connectivity index (χ3v) is 3.87. The topological polar surface area (TPSA) is 89.3 Å². The van der Waals surface area contributed by atoms with Crippen molar-refractivity contribution in [3.05, 3.63) is 29.3 Å². The highest BCUT2D eigenvalue weighted by atomic mass is 32.2. The van der Waals surface area contributed by atoms with Gasteiger partial charge in [-0.1, -0.05) is 6.92 Å². The van der Waals surface area contributed by atoms with E-state index in [2.05, 4.69) is 11.2 Å². The normalized spacial score (nSPS) is 12.5. The maximum absolute atomic E-state index is 12.1. The molecule has 5 nitrogen and oxygen atoms in total. The van der Waals surface area contributed by atoms with Crippen LogP contribution in [0.15, 0.2) is 23.1 Å². The summed E-state index contributed by atoms with van der Waals surface area (Å²) in [5.41, 5.74) is 0.956. The number of amides is 1. The van der Waals surface area contributed by atoms with Gasteiger partial charge in [0.05, 0.1) is 4.90 Å². The van der Waals surface area contributed by atoms with Gasteiger partial charge in [0.2, 0.25) is 10.0 Å². The second-order valence-corrected chi connectivity index (χ2v) is 6.07. The van der Waals surface area contributed by atoms with E-state index < -0.39 is 10.0 Å². The van der Waals surface area contributed by atoms with Crippen LogP contribution in [0.5, 0.6) is 0 Å². The van der Waals surface area contributed by atoms with Gasteiger partial charge in [-0.15, -0.1) is 12.3 Å². The lowest BCUT2D eigenvalue weighted by Crippen LogP contribution is -2.34. The van der Waals surface area contributed by atoms with Gasteiger partial charge < -0.3 is 5.32 Å². The molecule has 0 aliphatic carbocycles. The molecule has 0 bridgehead atoms. The van der Waals surface area contributed by atoms with Gasteiger partial charge in [-0.2, -0.15) is 0 Å². The highest BCUT2D eigenvalue weighted by Gasteiger charge is 2.16. The zero-order valence-electron chi connectivity index (χ0n) is 11.5. The largest absolute Gasteiger partial charge is 0.348 e. The van der Waals surface area contributed by atoms with E-state index in [0.717, 1.165) is 6.42 Å². The number of rotatable bonds is 5. The Morgan fingerprint density at radius 1 is 1.50 bits per heavy atom. The molecule has 108 valence electrons. The second kappa shape index (κ2) is 6.55. The number of carbonyl (C=O) groups is 1. The fraction of sp³-hybridized carbons (Fsp3) is 0.357. The predicted molar refractivity (Wildman–Crippen MR) is 77.5 cm³/mol. The molecule has 1 rings (SSSR count). The number of primary sulfonamides is 1. The zero-order chi connectivity index (χ0) is 15.3. The maximum atomic E-state index is 12.1. The first-order valence-corrected chi connectivity index (χ1v) is 7.72. The van der Waals surface area contributed by atoms with E-state index in [9.17, 15) is 13.2 Å². The molecule has 20 heavy (non-hydrogen) atoms. The molecule has 0 radical (unpaired) electrons. The van der Waals surface area contributed by atoms with Crippen molar-refractivity contribution >= 4 is 15.9 Å². The number of terminal acetylenes is 1. The van der Waals surface area contributed by atoms with Crippen LogP contribution in [0.3, 0.4) is 0 Å². The van der Waals surface area contributed by atoms with Crippen LogP contribution in [0.1, 0.15) is 35.7 Å². The van der Waals surface area contributed by atoms with E-state index >= 15 is 0 Å². The number of sulfonamides is 1. The molecule has 1 atom stereocenters. The van der Waals surface area contributed by atoms with Crippen LogP contribution in [0, 0.1) is 19.3 Å². The lowest BCUT2D eigenvalue weighted by atomic mass is 10.1. The van der Waals surface area contributed by atoms with Crippen LogP contribution in [0.2, 0.25) is 0 Å². The van der Waals surface area contributed by atoms with E-state index in [4.69, 9.17) is 11.6 Å². The number of hydrogen-bond acceptors (Lipinski definition) is 3. The summed E-state index contributed by atoms with van der Waals surface area (Å²) in [5, 5.41) is 7.86. The summed E-state index contributed by atoms with van der Waals surface area (Å²) in [7, 11) is -3.76. The molecule has 0 heterocycles. The number of benzene rings is 1. The molecule has 1 amide bonds. The first-order valence-electron chi connectivity index (χ1n) is 6.17. The standard InChI is InChI=1S/C14H18N2O3S/c1-4-6-11(5-2)16-14(17)13-8-7-12(9-10(13)3)20(15,18)19/h1,7-9,11H,5-6H2,2-3H3,(H,16,17)(H2,15,18,19). The van der Waals surface area contributed by atoms with Crippen molar-refractivity contribution in [3.8, 4) is 12.3 Å². The number of aryl methyl sites for hydroxylation is 1. The average molecular weight is 294 g/mol. The number of nitrogens with two attached hydrogens (primary N) is 1. The van der Waals surface area contributed by atoms with Crippen LogP contribution >= 0.6 is 0 Å². The molecule has 1 aromatic rings. The maximum Gasteiger partial charge on any atom is 0.251 e. The molecule has 0 saturated heterocycles. The Labute approximate surface area is 119 Å². The Bertz CT molecular complexity index is 645. The molecule has 0 saturated carbocycles. The Balaban J connectivity index is 2.98. The molecule has 0 aliphatic heterocycles. The van der Waals surface area contributed by atoms with Gasteiger partial charge in [0.15, 0.2) is 0 Å². The van der Waals surface area contributed by atoms with Gasteiger partial charge in [0, 0.05) is 18.0 Å². The van der Waals surface area contributed by atoms with Crippen molar-refractivity contribution in [1.29, 1.82) is 0 Å². The van der Waals surface area contributed by atoms with Crippen LogP contribution in [-0.2, 0) is 10.0 Å². The Morgan fingerprint density at radius 3 is 2.60 bits per heavy atom. The lowest BCUT2D eigenvalue weighted by Gasteiger charge is -2.15. The van der Waals surface area contributed by atoms with Crippen LogP contribution in [0.4, 0.5) is 0 Å². The summed E-state index contributed by atoms with van der Waals surface area (Å²) in [4.78, 5) is 12.1. The van der Waals surface area contributed by atoms with Crippen LogP contribution < -0.4 is 10.5 Å². The first kappa shape index (κ1) is 16.2. The fourth-order valence-corrected chi connectivity index (χ4v) is 2.37. The Kier molecular flexibility index (Phi) is 5.31. The molecule has 0 spiro atoms. The third-order valence-electron chi connectivity index (χ3n) is 2.96. The zero-order valence-corrected chi connectivity index (χ0v) is 12.3. The highest BCUT2D eigenvalue weighted by Crippen LogP contribution is 2.15. The second-order valence-electron chi connectivity index (χ2n) is 4.51. The summed E-state index contributed by atoms with van der Waals surface area (Å²) < 4.78 is 22.5. The van der Waals surface area contributed by atoms with Crippen molar-refractivity contribution in [2.45, 2.75) is 37.6 Å². The van der Waals surface area contributed by atoms with Crippen molar-refractivity contribution < 1.29 is 13.2 Å². The summed E-state index contributed by atoms with van der Waals surface area (Å²) in [6, 6.07) is 4.06. The smallest absolute Gasteiger partial charge is 0.251 e. The molecule has 0 aromatic heterocycles. The van der Waals surface area contributed by atoms with Gasteiger partial charge in [0.1, 0.15) is 0 Å².